The summed E-state index contributed by atoms with van der Waals surface area (Å²) in [6.07, 6.45) is -0.179. The van der Waals surface area contributed by atoms with Crippen LogP contribution in [0.4, 0.5) is 0 Å². The van der Waals surface area contributed by atoms with Crippen LogP contribution in [0.5, 0.6) is 0 Å². The van der Waals surface area contributed by atoms with Gasteiger partial charge < -0.3 is 25.0 Å². The normalized spacial score (nSPS) is 26.9. The van der Waals surface area contributed by atoms with Crippen molar-refractivity contribution in [3.8, 4) is 0 Å². The standard InChI is InChI=1S/C20H34N2O10P/c1-19(2,3)18(26)29-12-31-33(27)30-11-20(4,5)16(32-33)17(25)21-9-8-15(24)28-10-13-6-7-14(23)22-13/h13,16,27H,6-12H2,1-5H3,(H,21,25)(H,22,23)/t13?,16-/m0/s1. The maximum Gasteiger partial charge on any atom is 0.381 e. The monoisotopic (exact) mass is 493 g/mol. The summed E-state index contributed by atoms with van der Waals surface area (Å²) < 4.78 is 26.0. The Hall–Kier alpha value is -1.85. The van der Waals surface area contributed by atoms with Crippen LogP contribution in [0.1, 0.15) is 53.9 Å². The van der Waals surface area contributed by atoms with Crippen LogP contribution in [0.2, 0.25) is 0 Å². The quantitative estimate of drug-likeness (QED) is 0.240. The van der Waals surface area contributed by atoms with Gasteiger partial charge >= 0.3 is 20.1 Å². The van der Waals surface area contributed by atoms with Gasteiger partial charge in [0, 0.05) is 18.4 Å². The second-order valence-corrected chi connectivity index (χ2v) is 11.3. The highest BCUT2D eigenvalue weighted by atomic mass is 31.2. The highest BCUT2D eigenvalue weighted by Crippen LogP contribution is 2.63. The maximum atomic E-state index is 12.7. The van der Waals surface area contributed by atoms with Gasteiger partial charge in [-0.2, -0.15) is 0 Å². The maximum absolute atomic E-state index is 12.7. The molecule has 0 saturated carbocycles. The summed E-state index contributed by atoms with van der Waals surface area (Å²) in [5.74, 6) is -1.69. The molecule has 2 fully saturated rings. The Morgan fingerprint density at radius 1 is 1.27 bits per heavy atom. The number of esters is 2. The van der Waals surface area contributed by atoms with E-state index in [0.717, 1.165) is 0 Å². The Labute approximate surface area is 193 Å². The summed E-state index contributed by atoms with van der Waals surface area (Å²) in [7, 11) is -3.91. The molecule has 1 radical (unpaired) electrons. The van der Waals surface area contributed by atoms with Crippen molar-refractivity contribution in [2.45, 2.75) is 66.0 Å². The van der Waals surface area contributed by atoms with E-state index in [4.69, 9.17) is 23.0 Å². The molecule has 0 aromatic carbocycles. The fourth-order valence-corrected chi connectivity index (χ4v) is 4.44. The molecule has 0 aromatic rings. The lowest BCUT2D eigenvalue weighted by Gasteiger charge is -2.43. The first-order chi connectivity index (χ1) is 15.2. The lowest BCUT2D eigenvalue weighted by molar-refractivity contribution is -0.165. The average Bonchev–Trinajstić information content (AvgIpc) is 3.13. The Morgan fingerprint density at radius 2 is 1.97 bits per heavy atom. The molecule has 0 aromatic heterocycles. The largest absolute Gasteiger partial charge is 0.463 e. The van der Waals surface area contributed by atoms with E-state index < -0.39 is 49.7 Å². The summed E-state index contributed by atoms with van der Waals surface area (Å²) >= 11 is 0. The van der Waals surface area contributed by atoms with Crippen molar-refractivity contribution in [1.29, 1.82) is 0 Å². The van der Waals surface area contributed by atoms with Crippen molar-refractivity contribution in [3.63, 3.8) is 0 Å². The average molecular weight is 493 g/mol. The van der Waals surface area contributed by atoms with E-state index in [1.54, 1.807) is 34.6 Å². The topological polar surface area (TPSA) is 159 Å². The van der Waals surface area contributed by atoms with Gasteiger partial charge in [-0.1, -0.05) is 13.8 Å². The summed E-state index contributed by atoms with van der Waals surface area (Å²) in [5.41, 5.74) is -1.56. The lowest BCUT2D eigenvalue weighted by Crippen LogP contribution is -2.50. The summed E-state index contributed by atoms with van der Waals surface area (Å²) in [5, 5.41) is 5.28. The molecule has 2 rings (SSSR count). The first-order valence-electron chi connectivity index (χ1n) is 10.7. The van der Waals surface area contributed by atoms with E-state index in [1.165, 1.54) is 0 Å². The molecular weight excluding hydrogens is 459 g/mol. The van der Waals surface area contributed by atoms with E-state index in [-0.39, 0.29) is 38.1 Å². The van der Waals surface area contributed by atoms with Crippen molar-refractivity contribution in [2.75, 3.05) is 26.6 Å². The van der Waals surface area contributed by atoms with Crippen LogP contribution >= 0.6 is 8.17 Å². The predicted molar refractivity (Wildman–Crippen MR) is 115 cm³/mol. The molecular formula is C20H34N2O10P. The first-order valence-corrected chi connectivity index (χ1v) is 12.2. The second-order valence-electron chi connectivity index (χ2n) is 9.67. The van der Waals surface area contributed by atoms with Crippen LogP contribution < -0.4 is 10.6 Å². The zero-order valence-electron chi connectivity index (χ0n) is 19.7. The number of carbonyl (C=O) groups excluding carboxylic acids is 4. The molecule has 2 aliphatic rings. The third-order valence-electron chi connectivity index (χ3n) is 4.96. The Morgan fingerprint density at radius 3 is 2.58 bits per heavy atom. The fourth-order valence-electron chi connectivity index (χ4n) is 2.91. The zero-order chi connectivity index (χ0) is 24.9. The lowest BCUT2D eigenvalue weighted by atomic mass is 9.87. The van der Waals surface area contributed by atoms with Gasteiger partial charge in [-0.25, -0.2) is 0 Å². The Bertz CT molecular complexity index is 754. The van der Waals surface area contributed by atoms with E-state index in [2.05, 4.69) is 10.6 Å². The minimum atomic E-state index is -3.91. The third kappa shape index (κ3) is 8.46. The number of hydrogen-bond acceptors (Lipinski definition) is 10. The molecule has 0 aliphatic carbocycles. The van der Waals surface area contributed by atoms with E-state index >= 15 is 0 Å². The summed E-state index contributed by atoms with van der Waals surface area (Å²) in [6, 6.07) is -0.184. The van der Waals surface area contributed by atoms with Crippen LogP contribution in [0.25, 0.3) is 0 Å². The van der Waals surface area contributed by atoms with Crippen LogP contribution in [0, 0.1) is 10.8 Å². The first kappa shape index (κ1) is 27.4. The van der Waals surface area contributed by atoms with Crippen molar-refractivity contribution in [2.24, 2.45) is 10.8 Å². The SMILES string of the molecule is CC(C)(C)C(=O)OCO[P@@]1(O)OCC(C)(C)[C@H](C(=O)NCCC(=O)OCC2CCC(=O)N2)O1. The molecule has 2 heterocycles. The second kappa shape index (κ2) is 11.1. The molecule has 0 bridgehead atoms. The number of ether oxygens (including phenoxy) is 2. The van der Waals surface area contributed by atoms with Gasteiger partial charge in [0.25, 0.3) is 0 Å². The summed E-state index contributed by atoms with van der Waals surface area (Å²) in [6.45, 7) is 7.86. The highest BCUT2D eigenvalue weighted by Gasteiger charge is 2.50. The van der Waals surface area contributed by atoms with Crippen molar-refractivity contribution < 1.29 is 47.1 Å². The van der Waals surface area contributed by atoms with Gasteiger partial charge in [-0.05, 0) is 27.2 Å². The van der Waals surface area contributed by atoms with Gasteiger partial charge in [-0.15, -0.1) is 0 Å². The van der Waals surface area contributed by atoms with Gasteiger partial charge in [-0.3, -0.25) is 32.7 Å². The third-order valence-corrected chi connectivity index (χ3v) is 6.33. The molecule has 33 heavy (non-hydrogen) atoms. The predicted octanol–water partition coefficient (Wildman–Crippen LogP) is 0.989. The number of carbonyl (C=O) groups is 4. The van der Waals surface area contributed by atoms with Gasteiger partial charge in [0.15, 0.2) is 6.10 Å². The smallest absolute Gasteiger partial charge is 0.381 e. The fraction of sp³-hybridized carbons (Fsp3) is 0.800. The Kier molecular flexibility index (Phi) is 9.17. The molecule has 13 heteroatoms. The van der Waals surface area contributed by atoms with Gasteiger partial charge in [0.2, 0.25) is 18.6 Å². The summed E-state index contributed by atoms with van der Waals surface area (Å²) in [4.78, 5) is 58.0. The van der Waals surface area contributed by atoms with E-state index in [9.17, 15) is 24.1 Å². The minimum absolute atomic E-state index is 0.00752. The number of nitrogens with one attached hydrogen (secondary N) is 2. The van der Waals surface area contributed by atoms with Crippen molar-refractivity contribution in [3.05, 3.63) is 0 Å². The van der Waals surface area contributed by atoms with E-state index in [0.29, 0.717) is 12.8 Å². The van der Waals surface area contributed by atoms with Gasteiger partial charge in [0.05, 0.1) is 24.5 Å². The highest BCUT2D eigenvalue weighted by molar-refractivity contribution is 7.55. The molecule has 12 nitrogen and oxygen atoms in total. The van der Waals surface area contributed by atoms with Gasteiger partial charge in [0.1, 0.15) is 6.61 Å². The van der Waals surface area contributed by atoms with Crippen molar-refractivity contribution in [1.82, 2.24) is 10.6 Å². The molecule has 2 saturated heterocycles. The van der Waals surface area contributed by atoms with Crippen LogP contribution in [-0.4, -0.2) is 67.3 Å². The number of hydrogen-bond donors (Lipinski definition) is 3. The molecule has 2 aliphatic heterocycles. The van der Waals surface area contributed by atoms with Crippen LogP contribution in [0.3, 0.4) is 0 Å². The number of rotatable bonds is 9. The molecule has 0 spiro atoms. The minimum Gasteiger partial charge on any atom is -0.463 e. The molecule has 3 atom stereocenters. The van der Waals surface area contributed by atoms with Crippen molar-refractivity contribution >= 4 is 31.9 Å². The molecule has 1 unspecified atom stereocenters. The van der Waals surface area contributed by atoms with Crippen LogP contribution in [-0.2, 0) is 42.2 Å². The van der Waals surface area contributed by atoms with E-state index in [1.807, 2.05) is 0 Å². The molecule has 2 amide bonds. The molecule has 3 N–H and O–H groups in total. The number of amides is 2. The Balaban J connectivity index is 1.78. The van der Waals surface area contributed by atoms with Crippen LogP contribution in [0.15, 0.2) is 0 Å². The molecule has 189 valence electrons. The zero-order valence-corrected chi connectivity index (χ0v) is 20.6.